The number of aromatic amines is 1. The van der Waals surface area contributed by atoms with Crippen LogP contribution in [0.15, 0.2) is 27.4 Å². The molecule has 1 aromatic heterocycles. The van der Waals surface area contributed by atoms with E-state index in [1.165, 1.54) is 6.07 Å². The molecular formula is C13H12N2O3. The number of rotatable bonds is 3. The van der Waals surface area contributed by atoms with Gasteiger partial charge in [-0.15, -0.1) is 0 Å². The van der Waals surface area contributed by atoms with Gasteiger partial charge < -0.3 is 4.42 Å². The van der Waals surface area contributed by atoms with Crippen LogP contribution in [0.3, 0.4) is 0 Å². The van der Waals surface area contributed by atoms with Crippen molar-refractivity contribution in [3.8, 4) is 6.07 Å². The number of nitrogens with zero attached hydrogens (tertiary/aromatic N) is 1. The maximum Gasteiger partial charge on any atom is 0.417 e. The van der Waals surface area contributed by atoms with Crippen molar-refractivity contribution in [2.24, 2.45) is 11.8 Å². The lowest BCUT2D eigenvalue weighted by Gasteiger charge is -2.11. The zero-order valence-electron chi connectivity index (χ0n) is 10.1. The van der Waals surface area contributed by atoms with Crippen LogP contribution >= 0.6 is 0 Å². The molecule has 2 aromatic rings. The lowest BCUT2D eigenvalue weighted by Crippen LogP contribution is -2.18. The standard InChI is InChI=1S/C13H12N2O3/c1-7(2)9(6-14)12(16)8-3-4-10-11(5-8)18-13(17)15-10/h3-5,7,9H,1-2H3,(H,15,17). The second-order valence-corrected chi connectivity index (χ2v) is 4.44. The van der Waals surface area contributed by atoms with Crippen LogP contribution in [0.4, 0.5) is 0 Å². The van der Waals surface area contributed by atoms with E-state index in [-0.39, 0.29) is 11.7 Å². The molecule has 0 aliphatic heterocycles. The Morgan fingerprint density at radius 3 is 2.78 bits per heavy atom. The van der Waals surface area contributed by atoms with Gasteiger partial charge in [-0.2, -0.15) is 5.26 Å². The summed E-state index contributed by atoms with van der Waals surface area (Å²) in [7, 11) is 0. The van der Waals surface area contributed by atoms with Crippen molar-refractivity contribution in [3.63, 3.8) is 0 Å². The molecule has 1 unspecified atom stereocenters. The van der Waals surface area contributed by atoms with Gasteiger partial charge in [0.1, 0.15) is 5.92 Å². The monoisotopic (exact) mass is 244 g/mol. The summed E-state index contributed by atoms with van der Waals surface area (Å²) >= 11 is 0. The Hall–Kier alpha value is -2.35. The van der Waals surface area contributed by atoms with Gasteiger partial charge in [0.05, 0.1) is 11.6 Å². The molecule has 1 aromatic carbocycles. The number of benzene rings is 1. The van der Waals surface area contributed by atoms with E-state index in [0.717, 1.165) is 0 Å². The number of hydrogen-bond acceptors (Lipinski definition) is 4. The molecule has 0 fully saturated rings. The second kappa shape index (κ2) is 4.49. The molecule has 1 heterocycles. The molecule has 0 spiro atoms. The van der Waals surface area contributed by atoms with Gasteiger partial charge in [-0.25, -0.2) is 4.79 Å². The minimum absolute atomic E-state index is 0.0589. The first kappa shape index (κ1) is 12.1. The molecule has 0 saturated heterocycles. The number of fused-ring (bicyclic) bond motifs is 1. The van der Waals surface area contributed by atoms with E-state index >= 15 is 0 Å². The summed E-state index contributed by atoms with van der Waals surface area (Å²) in [6, 6.07) is 6.68. The van der Waals surface area contributed by atoms with Gasteiger partial charge in [0.2, 0.25) is 0 Å². The average molecular weight is 244 g/mol. The highest BCUT2D eigenvalue weighted by atomic mass is 16.4. The Bertz CT molecular complexity index is 688. The topological polar surface area (TPSA) is 86.9 Å². The fraction of sp³-hybridized carbons (Fsp3) is 0.308. The van der Waals surface area contributed by atoms with Gasteiger partial charge in [0, 0.05) is 5.56 Å². The van der Waals surface area contributed by atoms with Crippen molar-refractivity contribution in [2.45, 2.75) is 13.8 Å². The molecule has 0 amide bonds. The minimum Gasteiger partial charge on any atom is -0.408 e. The maximum absolute atomic E-state index is 12.1. The highest BCUT2D eigenvalue weighted by Crippen LogP contribution is 2.19. The molecule has 5 heteroatoms. The first-order valence-electron chi connectivity index (χ1n) is 5.59. The predicted octanol–water partition coefficient (Wildman–Crippen LogP) is 2.10. The highest BCUT2D eigenvalue weighted by Gasteiger charge is 2.23. The number of ketones is 1. The number of carbonyl (C=O) groups excluding carboxylic acids is 1. The van der Waals surface area contributed by atoms with Crippen LogP contribution in [-0.2, 0) is 0 Å². The zero-order chi connectivity index (χ0) is 13.3. The van der Waals surface area contributed by atoms with Crippen molar-refractivity contribution >= 4 is 16.9 Å². The van der Waals surface area contributed by atoms with Crippen LogP contribution in [-0.4, -0.2) is 10.8 Å². The van der Waals surface area contributed by atoms with E-state index in [2.05, 4.69) is 4.98 Å². The van der Waals surface area contributed by atoms with E-state index in [0.29, 0.717) is 16.7 Å². The third kappa shape index (κ3) is 2.05. The van der Waals surface area contributed by atoms with Crippen LogP contribution < -0.4 is 5.76 Å². The number of oxazole rings is 1. The van der Waals surface area contributed by atoms with Crippen molar-refractivity contribution in [1.82, 2.24) is 4.98 Å². The fourth-order valence-corrected chi connectivity index (χ4v) is 1.79. The van der Waals surface area contributed by atoms with E-state index < -0.39 is 11.7 Å². The highest BCUT2D eigenvalue weighted by molar-refractivity contribution is 6.01. The molecule has 1 N–H and O–H groups in total. The Morgan fingerprint density at radius 1 is 1.44 bits per heavy atom. The van der Waals surface area contributed by atoms with Gasteiger partial charge in [0.25, 0.3) is 0 Å². The van der Waals surface area contributed by atoms with Gasteiger partial charge in [-0.05, 0) is 24.1 Å². The smallest absolute Gasteiger partial charge is 0.408 e. The average Bonchev–Trinajstić information content (AvgIpc) is 2.68. The molecule has 0 radical (unpaired) electrons. The molecule has 92 valence electrons. The van der Waals surface area contributed by atoms with Gasteiger partial charge in [0.15, 0.2) is 11.4 Å². The number of Topliss-reactive ketones (excluding diaryl/α,β-unsaturated/α-hetero) is 1. The van der Waals surface area contributed by atoms with E-state index in [1.807, 2.05) is 19.9 Å². The van der Waals surface area contributed by atoms with Crippen LogP contribution in [0.25, 0.3) is 11.1 Å². The molecule has 1 atom stereocenters. The number of carbonyl (C=O) groups is 1. The van der Waals surface area contributed by atoms with Crippen molar-refractivity contribution in [2.75, 3.05) is 0 Å². The van der Waals surface area contributed by atoms with Crippen LogP contribution in [0.2, 0.25) is 0 Å². The summed E-state index contributed by atoms with van der Waals surface area (Å²) in [6.07, 6.45) is 0. The molecule has 18 heavy (non-hydrogen) atoms. The number of H-pyrrole nitrogens is 1. The van der Waals surface area contributed by atoms with Crippen LogP contribution in [0.1, 0.15) is 24.2 Å². The summed E-state index contributed by atoms with van der Waals surface area (Å²) in [5, 5.41) is 9.00. The number of hydrogen-bond donors (Lipinski definition) is 1. The lowest BCUT2D eigenvalue weighted by molar-refractivity contribution is 0.0924. The predicted molar refractivity (Wildman–Crippen MR) is 65.1 cm³/mol. The molecular weight excluding hydrogens is 232 g/mol. The summed E-state index contributed by atoms with van der Waals surface area (Å²) in [4.78, 5) is 25.6. The largest absolute Gasteiger partial charge is 0.417 e. The number of nitriles is 1. The fourth-order valence-electron chi connectivity index (χ4n) is 1.79. The lowest BCUT2D eigenvalue weighted by atomic mass is 9.89. The second-order valence-electron chi connectivity index (χ2n) is 4.44. The molecule has 5 nitrogen and oxygen atoms in total. The van der Waals surface area contributed by atoms with Crippen molar-refractivity contribution < 1.29 is 9.21 Å². The molecule has 2 rings (SSSR count). The Kier molecular flexibility index (Phi) is 3.02. The Labute approximate surface area is 103 Å². The summed E-state index contributed by atoms with van der Waals surface area (Å²) < 4.78 is 4.89. The number of nitrogens with one attached hydrogen (secondary N) is 1. The van der Waals surface area contributed by atoms with Crippen molar-refractivity contribution in [3.05, 3.63) is 34.3 Å². The van der Waals surface area contributed by atoms with Gasteiger partial charge in [-0.1, -0.05) is 13.8 Å². The maximum atomic E-state index is 12.1. The number of aromatic nitrogens is 1. The normalized spacial score (nSPS) is 12.6. The Balaban J connectivity index is 2.45. The minimum atomic E-state index is -0.687. The summed E-state index contributed by atoms with van der Waals surface area (Å²) in [6.45, 7) is 3.64. The summed E-state index contributed by atoms with van der Waals surface area (Å²) in [5.41, 5.74) is 1.24. The first-order valence-corrected chi connectivity index (χ1v) is 5.59. The third-order valence-corrected chi connectivity index (χ3v) is 2.79. The quantitative estimate of drug-likeness (QED) is 0.837. The molecule has 0 saturated carbocycles. The molecule has 0 aliphatic rings. The van der Waals surface area contributed by atoms with E-state index in [1.54, 1.807) is 12.1 Å². The van der Waals surface area contributed by atoms with Crippen molar-refractivity contribution in [1.29, 1.82) is 5.26 Å². The van der Waals surface area contributed by atoms with Gasteiger partial charge in [-0.3, -0.25) is 9.78 Å². The Morgan fingerprint density at radius 2 is 2.17 bits per heavy atom. The SMILES string of the molecule is CC(C)C(C#N)C(=O)c1ccc2[nH]c(=O)oc2c1. The van der Waals surface area contributed by atoms with Gasteiger partial charge >= 0.3 is 5.76 Å². The van der Waals surface area contributed by atoms with E-state index in [4.69, 9.17) is 9.68 Å². The molecule has 0 aliphatic carbocycles. The van der Waals surface area contributed by atoms with Crippen LogP contribution in [0, 0.1) is 23.2 Å². The zero-order valence-corrected chi connectivity index (χ0v) is 10.1. The third-order valence-electron chi connectivity index (χ3n) is 2.79. The molecule has 0 bridgehead atoms. The summed E-state index contributed by atoms with van der Waals surface area (Å²) in [5.74, 6) is -1.56. The van der Waals surface area contributed by atoms with E-state index in [9.17, 15) is 9.59 Å². The van der Waals surface area contributed by atoms with Crippen LogP contribution in [0.5, 0.6) is 0 Å². The first-order chi connectivity index (χ1) is 8.52.